The Morgan fingerprint density at radius 3 is 2.67 bits per heavy atom. The number of carbonyl (C=O) groups is 1. The number of hydrogen-bond acceptors (Lipinski definition) is 6. The van der Waals surface area contributed by atoms with E-state index in [-0.39, 0.29) is 12.3 Å². The van der Waals surface area contributed by atoms with Gasteiger partial charge < -0.3 is 24.3 Å². The Balaban J connectivity index is 1.33. The van der Waals surface area contributed by atoms with Crippen LogP contribution in [-0.4, -0.2) is 30.7 Å². The third kappa shape index (κ3) is 6.29. The van der Waals surface area contributed by atoms with Crippen LogP contribution < -0.4 is 24.3 Å². The van der Waals surface area contributed by atoms with E-state index in [4.69, 9.17) is 30.5 Å². The van der Waals surface area contributed by atoms with E-state index in [0.717, 1.165) is 23.3 Å². The molecule has 0 spiro atoms. The number of ether oxygens (including phenoxy) is 4. The summed E-state index contributed by atoms with van der Waals surface area (Å²) in [4.78, 5) is 16.7. The maximum Gasteiger partial charge on any atom is 0.224 e. The van der Waals surface area contributed by atoms with Crippen LogP contribution >= 0.6 is 11.6 Å². The van der Waals surface area contributed by atoms with Gasteiger partial charge in [0.2, 0.25) is 11.8 Å². The van der Waals surface area contributed by atoms with Crippen molar-refractivity contribution in [2.45, 2.75) is 26.3 Å². The van der Waals surface area contributed by atoms with E-state index in [1.807, 2.05) is 37.3 Å². The maximum atomic E-state index is 12.5. The third-order valence-corrected chi connectivity index (χ3v) is 5.15. The van der Waals surface area contributed by atoms with Crippen molar-refractivity contribution in [3.05, 3.63) is 70.9 Å². The molecule has 172 valence electrons. The summed E-state index contributed by atoms with van der Waals surface area (Å²) in [6.45, 7) is 4.01. The summed E-state index contributed by atoms with van der Waals surface area (Å²) in [5.41, 5.74) is 1.63. The summed E-state index contributed by atoms with van der Waals surface area (Å²) in [5, 5.41) is 3.36. The smallest absolute Gasteiger partial charge is 0.224 e. The first-order chi connectivity index (χ1) is 16.1. The highest BCUT2D eigenvalue weighted by molar-refractivity contribution is 6.32. The Bertz CT molecular complexity index is 1100. The van der Waals surface area contributed by atoms with Gasteiger partial charge in [-0.25, -0.2) is 4.98 Å². The van der Waals surface area contributed by atoms with Crippen molar-refractivity contribution in [1.29, 1.82) is 0 Å². The lowest BCUT2D eigenvalue weighted by Crippen LogP contribution is -2.24. The minimum absolute atomic E-state index is 0.133. The number of aromatic nitrogens is 1. The molecule has 1 N–H and O–H groups in total. The summed E-state index contributed by atoms with van der Waals surface area (Å²) in [5.74, 6) is 2.86. The van der Waals surface area contributed by atoms with Gasteiger partial charge >= 0.3 is 0 Å². The fourth-order valence-corrected chi connectivity index (χ4v) is 3.63. The first-order valence-corrected chi connectivity index (χ1v) is 11.2. The number of nitrogens with zero attached hydrogens (tertiary/aromatic N) is 1. The van der Waals surface area contributed by atoms with Crippen LogP contribution in [0, 0.1) is 0 Å². The predicted octanol–water partition coefficient (Wildman–Crippen LogP) is 4.95. The number of rotatable bonds is 8. The van der Waals surface area contributed by atoms with Crippen molar-refractivity contribution < 1.29 is 23.7 Å². The number of amides is 1. The van der Waals surface area contributed by atoms with Crippen molar-refractivity contribution in [3.8, 4) is 28.9 Å². The topological polar surface area (TPSA) is 78.9 Å². The number of fused-ring (bicyclic) bond motifs is 1. The Kier molecular flexibility index (Phi) is 7.52. The predicted molar refractivity (Wildman–Crippen MR) is 125 cm³/mol. The van der Waals surface area contributed by atoms with Crippen LogP contribution in [0.1, 0.15) is 24.5 Å². The van der Waals surface area contributed by atoms with Crippen LogP contribution in [0.2, 0.25) is 5.02 Å². The number of benzene rings is 2. The van der Waals surface area contributed by atoms with Gasteiger partial charge in [-0.1, -0.05) is 11.6 Å². The third-order valence-electron chi connectivity index (χ3n) is 4.87. The summed E-state index contributed by atoms with van der Waals surface area (Å²) in [6, 6.07) is 14.5. The van der Waals surface area contributed by atoms with E-state index >= 15 is 0 Å². The fraction of sp³-hybridized carbons (Fsp3) is 0.280. The molecule has 3 aromatic rings. The lowest BCUT2D eigenvalue weighted by atomic mass is 10.1. The normalized spacial score (nSPS) is 12.5. The second-order valence-electron chi connectivity index (χ2n) is 7.42. The Morgan fingerprint density at radius 2 is 1.85 bits per heavy atom. The molecule has 2 heterocycles. The van der Waals surface area contributed by atoms with Crippen LogP contribution in [0.5, 0.6) is 28.9 Å². The zero-order valence-electron chi connectivity index (χ0n) is 18.3. The molecule has 2 aromatic carbocycles. The molecular weight excluding hydrogens is 444 g/mol. The lowest BCUT2D eigenvalue weighted by Gasteiger charge is -2.12. The summed E-state index contributed by atoms with van der Waals surface area (Å²) in [6.07, 6.45) is 2.61. The molecule has 7 nitrogen and oxygen atoms in total. The molecule has 0 aliphatic carbocycles. The van der Waals surface area contributed by atoms with E-state index in [0.29, 0.717) is 54.5 Å². The molecular formula is C25H25ClN2O5. The maximum absolute atomic E-state index is 12.5. The fourth-order valence-electron chi connectivity index (χ4n) is 3.34. The minimum Gasteiger partial charge on any atom is -0.494 e. The largest absolute Gasteiger partial charge is 0.494 e. The standard InChI is InChI=1S/C25H25ClN2O5/c1-2-30-19-4-6-20(7-5-19)33-24-15-17(8-9-27-24)16-28-23(29)14-18-12-21(26)25-22(13-18)31-10-3-11-32-25/h4-9,12-13,15H,2-3,10-11,14,16H2,1H3,(H,28,29). The zero-order chi connectivity index (χ0) is 23.0. The lowest BCUT2D eigenvalue weighted by molar-refractivity contribution is -0.120. The van der Waals surface area contributed by atoms with Crippen LogP contribution in [0.3, 0.4) is 0 Å². The van der Waals surface area contributed by atoms with Crippen LogP contribution in [0.15, 0.2) is 54.7 Å². The summed E-state index contributed by atoms with van der Waals surface area (Å²) < 4.78 is 22.6. The van der Waals surface area contributed by atoms with Gasteiger partial charge in [0.05, 0.1) is 31.3 Å². The number of pyridine rings is 1. The molecule has 0 unspecified atom stereocenters. The Morgan fingerprint density at radius 1 is 1.06 bits per heavy atom. The average molecular weight is 469 g/mol. The number of halogens is 1. The first-order valence-electron chi connectivity index (χ1n) is 10.8. The van der Waals surface area contributed by atoms with E-state index in [1.54, 1.807) is 24.4 Å². The SMILES string of the molecule is CCOc1ccc(Oc2cc(CNC(=O)Cc3cc(Cl)c4c(c3)OCCCO4)ccn2)cc1. The van der Waals surface area contributed by atoms with Gasteiger partial charge in [0.1, 0.15) is 11.5 Å². The highest BCUT2D eigenvalue weighted by atomic mass is 35.5. The zero-order valence-corrected chi connectivity index (χ0v) is 19.1. The van der Waals surface area contributed by atoms with Crippen LogP contribution in [0.4, 0.5) is 0 Å². The number of hydrogen-bond donors (Lipinski definition) is 1. The molecule has 0 bridgehead atoms. The van der Waals surface area contributed by atoms with Crippen molar-refractivity contribution in [3.63, 3.8) is 0 Å². The van der Waals surface area contributed by atoms with Crippen molar-refractivity contribution in [2.75, 3.05) is 19.8 Å². The van der Waals surface area contributed by atoms with Crippen molar-refractivity contribution in [1.82, 2.24) is 10.3 Å². The van der Waals surface area contributed by atoms with Crippen LogP contribution in [0.25, 0.3) is 0 Å². The second-order valence-corrected chi connectivity index (χ2v) is 7.82. The van der Waals surface area contributed by atoms with E-state index in [2.05, 4.69) is 10.3 Å². The van der Waals surface area contributed by atoms with Gasteiger partial charge in [-0.2, -0.15) is 0 Å². The Labute approximate surface area is 197 Å². The summed E-state index contributed by atoms with van der Waals surface area (Å²) >= 11 is 6.32. The number of carbonyl (C=O) groups excluding carboxylic acids is 1. The van der Waals surface area contributed by atoms with E-state index in [9.17, 15) is 4.79 Å². The molecule has 1 aliphatic rings. The Hall–Kier alpha value is -3.45. The van der Waals surface area contributed by atoms with Crippen molar-refractivity contribution in [2.24, 2.45) is 0 Å². The molecule has 4 rings (SSSR count). The van der Waals surface area contributed by atoms with E-state index in [1.165, 1.54) is 0 Å². The molecule has 1 amide bonds. The van der Waals surface area contributed by atoms with Gasteiger partial charge in [-0.05, 0) is 60.5 Å². The highest BCUT2D eigenvalue weighted by Gasteiger charge is 2.17. The molecule has 0 saturated carbocycles. The average Bonchev–Trinajstić information content (AvgIpc) is 3.06. The monoisotopic (exact) mass is 468 g/mol. The summed E-state index contributed by atoms with van der Waals surface area (Å²) in [7, 11) is 0. The van der Waals surface area contributed by atoms with Crippen molar-refractivity contribution >= 4 is 17.5 Å². The van der Waals surface area contributed by atoms with Gasteiger partial charge in [-0.15, -0.1) is 0 Å². The minimum atomic E-state index is -0.133. The molecule has 8 heteroatoms. The van der Waals surface area contributed by atoms with E-state index < -0.39 is 0 Å². The molecule has 0 fully saturated rings. The van der Waals surface area contributed by atoms with Gasteiger partial charge in [0, 0.05) is 25.2 Å². The van der Waals surface area contributed by atoms with Crippen LogP contribution in [-0.2, 0) is 17.8 Å². The van der Waals surface area contributed by atoms with Gasteiger partial charge in [0.15, 0.2) is 11.5 Å². The highest BCUT2D eigenvalue weighted by Crippen LogP contribution is 2.38. The van der Waals surface area contributed by atoms with Gasteiger partial charge in [0.25, 0.3) is 0 Å². The first kappa shape index (κ1) is 22.7. The molecule has 0 saturated heterocycles. The molecule has 1 aliphatic heterocycles. The second kappa shape index (κ2) is 10.9. The van der Waals surface area contributed by atoms with Gasteiger partial charge in [-0.3, -0.25) is 4.79 Å². The molecule has 0 radical (unpaired) electrons. The number of nitrogens with one attached hydrogen (secondary N) is 1. The quantitative estimate of drug-likeness (QED) is 0.504. The molecule has 0 atom stereocenters. The molecule has 33 heavy (non-hydrogen) atoms. The molecule has 1 aromatic heterocycles.